The first-order valence-corrected chi connectivity index (χ1v) is 6.54. The van der Waals surface area contributed by atoms with Crippen molar-refractivity contribution in [1.29, 1.82) is 0 Å². The van der Waals surface area contributed by atoms with Gasteiger partial charge in [0.05, 0.1) is 12.1 Å². The number of hydrogen-bond acceptors (Lipinski definition) is 2. The highest BCUT2D eigenvalue weighted by Gasteiger charge is 2.42. The number of urea groups is 1. The molecule has 0 aliphatic carbocycles. The number of thioether (sulfide) groups is 1. The summed E-state index contributed by atoms with van der Waals surface area (Å²) in [5.41, 5.74) is 0. The molecular weight excluding hydrogens is 196 g/mol. The van der Waals surface area contributed by atoms with Gasteiger partial charge in [-0.25, -0.2) is 4.79 Å². The molecular formula is C10H18N2OS. The summed E-state index contributed by atoms with van der Waals surface area (Å²) in [6.45, 7) is 2.23. The van der Waals surface area contributed by atoms with E-state index in [1.54, 1.807) is 0 Å². The first-order valence-electron chi connectivity index (χ1n) is 5.50. The van der Waals surface area contributed by atoms with Crippen molar-refractivity contribution in [2.24, 2.45) is 0 Å². The molecule has 2 saturated heterocycles. The maximum Gasteiger partial charge on any atom is 0.315 e. The van der Waals surface area contributed by atoms with Crippen LogP contribution in [0.2, 0.25) is 0 Å². The van der Waals surface area contributed by atoms with Crippen LogP contribution in [0.15, 0.2) is 0 Å². The fourth-order valence-corrected chi connectivity index (χ4v) is 3.78. The highest BCUT2D eigenvalue weighted by atomic mass is 32.2. The van der Waals surface area contributed by atoms with E-state index in [0.717, 1.165) is 5.75 Å². The lowest BCUT2D eigenvalue weighted by Crippen LogP contribution is -2.36. The molecule has 0 aromatic rings. The Labute approximate surface area is 89.4 Å². The minimum Gasteiger partial charge on any atom is -0.332 e. The Kier molecular flexibility index (Phi) is 3.21. The lowest BCUT2D eigenvalue weighted by molar-refractivity contribution is 0.247. The molecule has 2 unspecified atom stereocenters. The van der Waals surface area contributed by atoms with Crippen LogP contribution in [0.25, 0.3) is 0 Å². The van der Waals surface area contributed by atoms with Gasteiger partial charge in [-0.15, -0.1) is 0 Å². The van der Waals surface area contributed by atoms with Crippen molar-refractivity contribution in [3.63, 3.8) is 0 Å². The van der Waals surface area contributed by atoms with Gasteiger partial charge in [-0.2, -0.15) is 11.8 Å². The Balaban J connectivity index is 1.80. The standard InChI is InChI=1S/C10H18N2OS/c1-2-3-4-5-8-9-7(6-14-8)11-10(13)12-9/h7-9H,2-6H2,1H3,(H2,11,12,13)/t7?,8-,9?/m0/s1. The zero-order chi connectivity index (χ0) is 9.97. The Morgan fingerprint density at radius 1 is 1.43 bits per heavy atom. The molecule has 2 heterocycles. The second kappa shape index (κ2) is 4.43. The summed E-state index contributed by atoms with van der Waals surface area (Å²) in [6, 6.07) is 0.810. The predicted octanol–water partition coefficient (Wildman–Crippen LogP) is 1.73. The molecule has 2 fully saturated rings. The second-order valence-corrected chi connectivity index (χ2v) is 5.39. The molecule has 0 bridgehead atoms. The summed E-state index contributed by atoms with van der Waals surface area (Å²) in [4.78, 5) is 11.1. The van der Waals surface area contributed by atoms with Crippen LogP contribution in [0.1, 0.15) is 32.6 Å². The number of unbranched alkanes of at least 4 members (excludes halogenated alkanes) is 2. The summed E-state index contributed by atoms with van der Waals surface area (Å²) in [6.07, 6.45) is 5.14. The van der Waals surface area contributed by atoms with E-state index in [9.17, 15) is 4.79 Å². The van der Waals surface area contributed by atoms with E-state index in [1.165, 1.54) is 25.7 Å². The predicted molar refractivity (Wildman–Crippen MR) is 59.6 cm³/mol. The maximum atomic E-state index is 11.1. The highest BCUT2D eigenvalue weighted by Crippen LogP contribution is 2.33. The van der Waals surface area contributed by atoms with E-state index in [-0.39, 0.29) is 6.03 Å². The summed E-state index contributed by atoms with van der Waals surface area (Å²) >= 11 is 2.01. The van der Waals surface area contributed by atoms with Crippen LogP contribution in [0.3, 0.4) is 0 Å². The van der Waals surface area contributed by atoms with Gasteiger partial charge < -0.3 is 10.6 Å². The molecule has 0 aromatic heterocycles. The number of carbonyl (C=O) groups is 1. The van der Waals surface area contributed by atoms with Crippen molar-refractivity contribution in [2.75, 3.05) is 5.75 Å². The summed E-state index contributed by atoms with van der Waals surface area (Å²) in [5.74, 6) is 1.08. The van der Waals surface area contributed by atoms with Gasteiger partial charge in [0.25, 0.3) is 0 Å². The van der Waals surface area contributed by atoms with Gasteiger partial charge in [0.2, 0.25) is 0 Å². The lowest BCUT2D eigenvalue weighted by atomic mass is 10.0. The van der Waals surface area contributed by atoms with Crippen LogP contribution in [0, 0.1) is 0 Å². The Hall–Kier alpha value is -0.380. The maximum absolute atomic E-state index is 11.1. The molecule has 80 valence electrons. The highest BCUT2D eigenvalue weighted by molar-refractivity contribution is 8.00. The molecule has 2 amide bonds. The van der Waals surface area contributed by atoms with Crippen molar-refractivity contribution < 1.29 is 4.79 Å². The molecule has 2 aliphatic rings. The quantitative estimate of drug-likeness (QED) is 0.553. The Morgan fingerprint density at radius 3 is 3.07 bits per heavy atom. The smallest absolute Gasteiger partial charge is 0.315 e. The van der Waals surface area contributed by atoms with Crippen molar-refractivity contribution in [3.05, 3.63) is 0 Å². The van der Waals surface area contributed by atoms with Crippen LogP contribution in [0.5, 0.6) is 0 Å². The van der Waals surface area contributed by atoms with E-state index in [0.29, 0.717) is 17.3 Å². The van der Waals surface area contributed by atoms with Crippen LogP contribution >= 0.6 is 11.8 Å². The second-order valence-electron chi connectivity index (χ2n) is 4.12. The average Bonchev–Trinajstić information content (AvgIpc) is 2.66. The van der Waals surface area contributed by atoms with Crippen molar-refractivity contribution in [1.82, 2.24) is 10.6 Å². The molecule has 3 atom stereocenters. The first kappa shape index (κ1) is 10.1. The molecule has 2 aliphatic heterocycles. The zero-order valence-electron chi connectivity index (χ0n) is 8.58. The fourth-order valence-electron chi connectivity index (χ4n) is 2.24. The van der Waals surface area contributed by atoms with E-state index >= 15 is 0 Å². The third-order valence-corrected chi connectivity index (χ3v) is 4.54. The first-order chi connectivity index (χ1) is 6.81. The minimum absolute atomic E-state index is 0.0285. The Bertz CT molecular complexity index is 222. The number of amides is 2. The number of hydrogen-bond donors (Lipinski definition) is 2. The van der Waals surface area contributed by atoms with Gasteiger partial charge in [0.15, 0.2) is 0 Å². The van der Waals surface area contributed by atoms with Crippen LogP contribution < -0.4 is 10.6 Å². The normalized spacial score (nSPS) is 35.2. The average molecular weight is 214 g/mol. The largest absolute Gasteiger partial charge is 0.332 e. The zero-order valence-corrected chi connectivity index (χ0v) is 9.40. The van der Waals surface area contributed by atoms with Gasteiger partial charge in [-0.3, -0.25) is 0 Å². The van der Waals surface area contributed by atoms with Crippen LogP contribution in [-0.2, 0) is 0 Å². The number of nitrogens with one attached hydrogen (secondary N) is 2. The minimum atomic E-state index is 0.0285. The van der Waals surface area contributed by atoms with Crippen molar-refractivity contribution in [2.45, 2.75) is 49.9 Å². The van der Waals surface area contributed by atoms with Crippen LogP contribution in [-0.4, -0.2) is 29.1 Å². The van der Waals surface area contributed by atoms with Gasteiger partial charge in [-0.1, -0.05) is 26.2 Å². The van der Waals surface area contributed by atoms with Crippen LogP contribution in [0.4, 0.5) is 4.79 Å². The molecule has 0 saturated carbocycles. The van der Waals surface area contributed by atoms with Gasteiger partial charge in [0.1, 0.15) is 0 Å². The number of fused-ring (bicyclic) bond motifs is 1. The molecule has 2 rings (SSSR count). The van der Waals surface area contributed by atoms with Gasteiger partial charge >= 0.3 is 6.03 Å². The molecule has 3 nitrogen and oxygen atoms in total. The molecule has 0 spiro atoms. The van der Waals surface area contributed by atoms with Gasteiger partial charge in [0, 0.05) is 11.0 Å². The molecule has 0 radical (unpaired) electrons. The summed E-state index contributed by atoms with van der Waals surface area (Å²) < 4.78 is 0. The SMILES string of the molecule is CCCCC[C@@H]1SCC2NC(=O)NC21. The fraction of sp³-hybridized carbons (Fsp3) is 0.900. The monoisotopic (exact) mass is 214 g/mol. The van der Waals surface area contributed by atoms with E-state index < -0.39 is 0 Å². The third kappa shape index (κ3) is 2.00. The molecule has 14 heavy (non-hydrogen) atoms. The van der Waals surface area contributed by atoms with Gasteiger partial charge in [-0.05, 0) is 6.42 Å². The number of rotatable bonds is 4. The summed E-state index contributed by atoms with van der Waals surface area (Å²) in [7, 11) is 0. The van der Waals surface area contributed by atoms with E-state index in [2.05, 4.69) is 17.6 Å². The topological polar surface area (TPSA) is 41.1 Å². The lowest BCUT2D eigenvalue weighted by Gasteiger charge is -2.16. The molecule has 4 heteroatoms. The number of carbonyl (C=O) groups excluding carboxylic acids is 1. The Morgan fingerprint density at radius 2 is 2.29 bits per heavy atom. The van der Waals surface area contributed by atoms with Crippen molar-refractivity contribution in [3.8, 4) is 0 Å². The third-order valence-electron chi connectivity index (χ3n) is 3.03. The van der Waals surface area contributed by atoms with E-state index in [1.807, 2.05) is 11.8 Å². The van der Waals surface area contributed by atoms with E-state index in [4.69, 9.17) is 0 Å². The molecule has 0 aromatic carbocycles. The summed E-state index contributed by atoms with van der Waals surface area (Å²) in [5, 5.41) is 6.63. The van der Waals surface area contributed by atoms with Crippen molar-refractivity contribution >= 4 is 17.8 Å². The molecule has 2 N–H and O–H groups in total.